The first-order chi connectivity index (χ1) is 10.9. The molecule has 0 saturated heterocycles. The van der Waals surface area contributed by atoms with Crippen LogP contribution >= 0.6 is 0 Å². The third-order valence-corrected chi connectivity index (χ3v) is 5.12. The lowest BCUT2D eigenvalue weighted by atomic mass is 10.2. The summed E-state index contributed by atoms with van der Waals surface area (Å²) in [6.45, 7) is 5.22. The lowest BCUT2D eigenvalue weighted by Gasteiger charge is -2.17. The number of hydrogen-bond acceptors (Lipinski definition) is 3. The van der Waals surface area contributed by atoms with Crippen molar-refractivity contribution in [3.8, 4) is 0 Å². The molecule has 0 aliphatic carbocycles. The molecule has 1 aromatic carbocycles. The van der Waals surface area contributed by atoms with Crippen LogP contribution in [0.1, 0.15) is 56.3 Å². The van der Waals surface area contributed by atoms with Crippen molar-refractivity contribution in [3.05, 3.63) is 29.8 Å². The number of amides is 1. The van der Waals surface area contributed by atoms with Gasteiger partial charge >= 0.3 is 0 Å². The van der Waals surface area contributed by atoms with Crippen molar-refractivity contribution in [1.82, 2.24) is 9.62 Å². The smallest absolute Gasteiger partial charge is 0.253 e. The Morgan fingerprint density at radius 2 is 1.83 bits per heavy atom. The van der Waals surface area contributed by atoms with Crippen LogP contribution in [0.2, 0.25) is 0 Å². The highest BCUT2D eigenvalue weighted by Gasteiger charge is 2.17. The van der Waals surface area contributed by atoms with E-state index in [0.29, 0.717) is 18.7 Å². The third kappa shape index (κ3) is 6.31. The number of unbranched alkanes of at least 4 members (excludes halogenated alkanes) is 3. The Kier molecular flexibility index (Phi) is 8.26. The van der Waals surface area contributed by atoms with Crippen LogP contribution in [0.3, 0.4) is 0 Å². The number of benzene rings is 1. The Balaban J connectivity index is 2.81. The topological polar surface area (TPSA) is 66.5 Å². The minimum atomic E-state index is -3.56. The SMILES string of the molecule is CCCCCNS(=O)(=O)c1cccc(C(=O)N(C)CCCC)c1. The van der Waals surface area contributed by atoms with Gasteiger partial charge in [-0.05, 0) is 31.0 Å². The summed E-state index contributed by atoms with van der Waals surface area (Å²) in [7, 11) is -1.82. The molecule has 0 atom stereocenters. The van der Waals surface area contributed by atoms with Crippen LogP contribution in [0.15, 0.2) is 29.2 Å². The maximum absolute atomic E-state index is 12.3. The van der Waals surface area contributed by atoms with Crippen molar-refractivity contribution >= 4 is 15.9 Å². The summed E-state index contributed by atoms with van der Waals surface area (Å²) in [5.74, 6) is -0.151. The molecule has 130 valence electrons. The van der Waals surface area contributed by atoms with Gasteiger partial charge in [-0.2, -0.15) is 0 Å². The number of nitrogens with zero attached hydrogens (tertiary/aromatic N) is 1. The van der Waals surface area contributed by atoms with E-state index in [1.54, 1.807) is 24.1 Å². The van der Waals surface area contributed by atoms with Crippen molar-refractivity contribution in [2.45, 2.75) is 50.8 Å². The highest BCUT2D eigenvalue weighted by molar-refractivity contribution is 7.89. The van der Waals surface area contributed by atoms with Crippen LogP contribution in [0.25, 0.3) is 0 Å². The molecule has 1 amide bonds. The molecule has 1 N–H and O–H groups in total. The zero-order valence-corrected chi connectivity index (χ0v) is 15.2. The molecule has 0 aliphatic heterocycles. The zero-order valence-electron chi connectivity index (χ0n) is 14.3. The molecule has 0 unspecified atom stereocenters. The third-order valence-electron chi connectivity index (χ3n) is 3.66. The van der Waals surface area contributed by atoms with Gasteiger partial charge in [0.15, 0.2) is 0 Å². The van der Waals surface area contributed by atoms with E-state index in [1.807, 2.05) is 0 Å². The Morgan fingerprint density at radius 3 is 2.48 bits per heavy atom. The summed E-state index contributed by atoms with van der Waals surface area (Å²) < 4.78 is 27.1. The fourth-order valence-corrected chi connectivity index (χ4v) is 3.30. The molecule has 5 nitrogen and oxygen atoms in total. The van der Waals surface area contributed by atoms with Gasteiger partial charge < -0.3 is 4.90 Å². The first kappa shape index (κ1) is 19.6. The van der Waals surface area contributed by atoms with E-state index >= 15 is 0 Å². The molecule has 0 bridgehead atoms. The van der Waals surface area contributed by atoms with Gasteiger partial charge in [0.1, 0.15) is 0 Å². The molecule has 0 fully saturated rings. The van der Waals surface area contributed by atoms with E-state index in [-0.39, 0.29) is 10.8 Å². The normalized spacial score (nSPS) is 11.4. The summed E-state index contributed by atoms with van der Waals surface area (Å²) in [5.41, 5.74) is 0.403. The maximum atomic E-state index is 12.3. The summed E-state index contributed by atoms with van der Waals surface area (Å²) in [6.07, 6.45) is 4.78. The largest absolute Gasteiger partial charge is 0.342 e. The molecule has 0 saturated carbocycles. The van der Waals surface area contributed by atoms with Crippen LogP contribution in [0.5, 0.6) is 0 Å². The van der Waals surface area contributed by atoms with Gasteiger partial charge in [-0.15, -0.1) is 0 Å². The second-order valence-corrected chi connectivity index (χ2v) is 7.48. The Bertz CT molecular complexity index is 600. The van der Waals surface area contributed by atoms with Crippen molar-refractivity contribution in [3.63, 3.8) is 0 Å². The highest BCUT2D eigenvalue weighted by Crippen LogP contribution is 2.13. The molecule has 23 heavy (non-hydrogen) atoms. The Hall–Kier alpha value is -1.40. The van der Waals surface area contributed by atoms with Gasteiger partial charge in [-0.25, -0.2) is 13.1 Å². The molecule has 0 radical (unpaired) electrons. The van der Waals surface area contributed by atoms with Crippen LogP contribution in [0, 0.1) is 0 Å². The lowest BCUT2D eigenvalue weighted by Crippen LogP contribution is -2.28. The summed E-state index contributed by atoms with van der Waals surface area (Å²) in [4.78, 5) is 14.1. The quantitative estimate of drug-likeness (QED) is 0.666. The predicted octanol–water partition coefficient (Wildman–Crippen LogP) is 3.03. The molecule has 0 spiro atoms. The van der Waals surface area contributed by atoms with E-state index in [0.717, 1.165) is 32.1 Å². The van der Waals surface area contributed by atoms with E-state index < -0.39 is 10.0 Å². The van der Waals surface area contributed by atoms with Crippen LogP contribution in [0.4, 0.5) is 0 Å². The average molecular weight is 340 g/mol. The molecule has 0 heterocycles. The van der Waals surface area contributed by atoms with E-state index in [2.05, 4.69) is 18.6 Å². The van der Waals surface area contributed by atoms with Crippen molar-refractivity contribution in [1.29, 1.82) is 0 Å². The summed E-state index contributed by atoms with van der Waals surface area (Å²) in [5, 5.41) is 0. The van der Waals surface area contributed by atoms with E-state index in [1.165, 1.54) is 12.1 Å². The van der Waals surface area contributed by atoms with Crippen LogP contribution in [-0.2, 0) is 10.0 Å². The molecule has 1 aromatic rings. The summed E-state index contributed by atoms with van der Waals surface area (Å²) in [6, 6.07) is 6.24. The molecule has 0 aromatic heterocycles. The molecule has 6 heteroatoms. The number of sulfonamides is 1. The van der Waals surface area contributed by atoms with E-state index in [4.69, 9.17) is 0 Å². The molecular weight excluding hydrogens is 312 g/mol. The minimum Gasteiger partial charge on any atom is -0.342 e. The highest BCUT2D eigenvalue weighted by atomic mass is 32.2. The zero-order chi connectivity index (χ0) is 17.3. The molecule has 1 rings (SSSR count). The monoisotopic (exact) mass is 340 g/mol. The van der Waals surface area contributed by atoms with Crippen molar-refractivity contribution < 1.29 is 13.2 Å². The van der Waals surface area contributed by atoms with Gasteiger partial charge in [0.25, 0.3) is 5.91 Å². The number of carbonyl (C=O) groups excluding carboxylic acids is 1. The van der Waals surface area contributed by atoms with Gasteiger partial charge in [0, 0.05) is 25.7 Å². The number of rotatable bonds is 10. The maximum Gasteiger partial charge on any atom is 0.253 e. The van der Waals surface area contributed by atoms with E-state index in [9.17, 15) is 13.2 Å². The molecular formula is C17H28N2O3S. The predicted molar refractivity (Wildman–Crippen MR) is 93.0 cm³/mol. The van der Waals surface area contributed by atoms with Gasteiger partial charge in [0.05, 0.1) is 4.90 Å². The second-order valence-electron chi connectivity index (χ2n) is 5.71. The lowest BCUT2D eigenvalue weighted by molar-refractivity contribution is 0.0793. The summed E-state index contributed by atoms with van der Waals surface area (Å²) >= 11 is 0. The van der Waals surface area contributed by atoms with Crippen LogP contribution < -0.4 is 4.72 Å². The Morgan fingerprint density at radius 1 is 1.13 bits per heavy atom. The van der Waals surface area contributed by atoms with Gasteiger partial charge in [-0.1, -0.05) is 39.2 Å². The minimum absolute atomic E-state index is 0.142. The number of hydrogen-bond donors (Lipinski definition) is 1. The van der Waals surface area contributed by atoms with Crippen molar-refractivity contribution in [2.24, 2.45) is 0 Å². The average Bonchev–Trinajstić information content (AvgIpc) is 2.56. The Labute approximate surface area is 140 Å². The van der Waals surface area contributed by atoms with Crippen molar-refractivity contribution in [2.75, 3.05) is 20.1 Å². The standard InChI is InChI=1S/C17H28N2O3S/c1-4-6-8-12-18-23(21,22)16-11-9-10-15(14-16)17(20)19(3)13-7-5-2/h9-11,14,18H,4-8,12-13H2,1-3H3. The molecule has 0 aliphatic rings. The fourth-order valence-electron chi connectivity index (χ4n) is 2.18. The fraction of sp³-hybridized carbons (Fsp3) is 0.588. The van der Waals surface area contributed by atoms with Gasteiger partial charge in [0.2, 0.25) is 10.0 Å². The first-order valence-electron chi connectivity index (χ1n) is 8.27. The first-order valence-corrected chi connectivity index (χ1v) is 9.76. The number of nitrogens with one attached hydrogen (secondary N) is 1. The number of carbonyl (C=O) groups is 1. The second kappa shape index (κ2) is 9.67. The van der Waals surface area contributed by atoms with Crippen LogP contribution in [-0.4, -0.2) is 39.4 Å². The van der Waals surface area contributed by atoms with Gasteiger partial charge in [-0.3, -0.25) is 4.79 Å².